The van der Waals surface area contributed by atoms with Gasteiger partial charge in [0.25, 0.3) is 0 Å². The lowest BCUT2D eigenvalue weighted by Gasteiger charge is -2.24. The predicted octanol–water partition coefficient (Wildman–Crippen LogP) is -0.0189. The molecule has 1 aliphatic heterocycles. The molecule has 1 saturated heterocycles. The maximum atomic E-state index is 11.6. The second-order valence-electron chi connectivity index (χ2n) is 4.63. The fourth-order valence-corrected chi connectivity index (χ4v) is 2.20. The Morgan fingerprint density at radius 1 is 1.37 bits per heavy atom. The number of rotatable bonds is 4. The number of benzene rings is 1. The van der Waals surface area contributed by atoms with Crippen molar-refractivity contribution in [3.05, 3.63) is 29.8 Å². The summed E-state index contributed by atoms with van der Waals surface area (Å²) in [6.07, 6.45) is -0.679. The number of carbonyl (C=O) groups is 2. The smallest absolute Gasteiger partial charge is 0.326 e. The van der Waals surface area contributed by atoms with Crippen LogP contribution in [0.2, 0.25) is 0 Å². The Kier molecular flexibility index (Phi) is 3.71. The van der Waals surface area contributed by atoms with E-state index in [1.54, 1.807) is 12.1 Å². The molecule has 3 N–H and O–H groups in total. The molecule has 6 nitrogen and oxygen atoms in total. The van der Waals surface area contributed by atoms with Crippen LogP contribution >= 0.6 is 0 Å². The van der Waals surface area contributed by atoms with Crippen molar-refractivity contribution < 1.29 is 24.9 Å². The first kappa shape index (κ1) is 13.4. The van der Waals surface area contributed by atoms with Gasteiger partial charge >= 0.3 is 5.97 Å². The molecule has 1 aromatic rings. The summed E-state index contributed by atoms with van der Waals surface area (Å²) in [5.41, 5.74) is 0.708. The first-order valence-corrected chi connectivity index (χ1v) is 5.95. The van der Waals surface area contributed by atoms with E-state index in [0.29, 0.717) is 5.56 Å². The van der Waals surface area contributed by atoms with Crippen molar-refractivity contribution in [2.24, 2.45) is 0 Å². The number of phenolic OH excluding ortho intramolecular Hbond substituents is 1. The van der Waals surface area contributed by atoms with E-state index in [0.717, 1.165) is 0 Å². The SMILES string of the molecule is O=C(O)C(Cc1ccc(O)cc1)N1CC(O)CC1=O. The number of phenols is 1. The number of aliphatic hydroxyl groups excluding tert-OH is 1. The number of amides is 1. The van der Waals surface area contributed by atoms with Crippen LogP contribution in [-0.2, 0) is 16.0 Å². The molecule has 1 fully saturated rings. The van der Waals surface area contributed by atoms with Gasteiger partial charge in [0.05, 0.1) is 12.5 Å². The summed E-state index contributed by atoms with van der Waals surface area (Å²) in [7, 11) is 0. The lowest BCUT2D eigenvalue weighted by molar-refractivity contribution is -0.148. The van der Waals surface area contributed by atoms with E-state index in [9.17, 15) is 24.9 Å². The zero-order chi connectivity index (χ0) is 14.0. The molecule has 0 saturated carbocycles. The molecule has 1 heterocycles. The quantitative estimate of drug-likeness (QED) is 0.710. The molecule has 2 rings (SSSR count). The van der Waals surface area contributed by atoms with E-state index < -0.39 is 18.1 Å². The predicted molar refractivity (Wildman–Crippen MR) is 65.6 cm³/mol. The second-order valence-corrected chi connectivity index (χ2v) is 4.63. The Hall–Kier alpha value is -2.08. The third-order valence-electron chi connectivity index (χ3n) is 3.16. The highest BCUT2D eigenvalue weighted by Gasteiger charge is 2.36. The highest BCUT2D eigenvalue weighted by molar-refractivity contribution is 5.85. The highest BCUT2D eigenvalue weighted by atomic mass is 16.4. The molecule has 0 spiro atoms. The van der Waals surface area contributed by atoms with Gasteiger partial charge in [-0.2, -0.15) is 0 Å². The molecule has 1 amide bonds. The van der Waals surface area contributed by atoms with Gasteiger partial charge in [0.2, 0.25) is 5.91 Å². The number of aromatic hydroxyl groups is 1. The molecule has 0 radical (unpaired) electrons. The number of hydrogen-bond donors (Lipinski definition) is 3. The first-order chi connectivity index (χ1) is 8.97. The fraction of sp³-hybridized carbons (Fsp3) is 0.385. The lowest BCUT2D eigenvalue weighted by atomic mass is 10.0. The number of carbonyl (C=O) groups excluding carboxylic acids is 1. The van der Waals surface area contributed by atoms with Gasteiger partial charge in [-0.05, 0) is 17.7 Å². The second kappa shape index (κ2) is 5.27. The third kappa shape index (κ3) is 3.03. The minimum atomic E-state index is -1.10. The molecule has 102 valence electrons. The van der Waals surface area contributed by atoms with Crippen LogP contribution in [0.5, 0.6) is 5.75 Å². The number of carboxylic acids is 1. The van der Waals surface area contributed by atoms with Crippen molar-refractivity contribution in [3.8, 4) is 5.75 Å². The molecule has 2 atom stereocenters. The fourth-order valence-electron chi connectivity index (χ4n) is 2.20. The Morgan fingerprint density at radius 2 is 2.00 bits per heavy atom. The summed E-state index contributed by atoms with van der Waals surface area (Å²) in [4.78, 5) is 24.1. The van der Waals surface area contributed by atoms with Crippen LogP contribution in [0.4, 0.5) is 0 Å². The van der Waals surface area contributed by atoms with E-state index in [4.69, 9.17) is 0 Å². The van der Waals surface area contributed by atoms with Gasteiger partial charge in [0, 0.05) is 13.0 Å². The minimum Gasteiger partial charge on any atom is -0.508 e. The van der Waals surface area contributed by atoms with Crippen molar-refractivity contribution in [2.45, 2.75) is 25.0 Å². The van der Waals surface area contributed by atoms with Crippen LogP contribution in [0.25, 0.3) is 0 Å². The largest absolute Gasteiger partial charge is 0.508 e. The van der Waals surface area contributed by atoms with E-state index in [1.807, 2.05) is 0 Å². The molecule has 6 heteroatoms. The average Bonchev–Trinajstić information content (AvgIpc) is 2.67. The molecule has 0 aliphatic carbocycles. The summed E-state index contributed by atoms with van der Waals surface area (Å²) in [5, 5.41) is 27.8. The van der Waals surface area contributed by atoms with Gasteiger partial charge in [-0.15, -0.1) is 0 Å². The number of hydrogen-bond acceptors (Lipinski definition) is 4. The van der Waals surface area contributed by atoms with Crippen molar-refractivity contribution in [1.29, 1.82) is 0 Å². The van der Waals surface area contributed by atoms with E-state index in [2.05, 4.69) is 0 Å². The van der Waals surface area contributed by atoms with Crippen LogP contribution in [-0.4, -0.2) is 50.8 Å². The number of aliphatic hydroxyl groups is 1. The third-order valence-corrected chi connectivity index (χ3v) is 3.16. The van der Waals surface area contributed by atoms with Gasteiger partial charge in [-0.1, -0.05) is 12.1 Å². The topological polar surface area (TPSA) is 98.1 Å². The molecule has 1 aliphatic rings. The first-order valence-electron chi connectivity index (χ1n) is 5.95. The maximum Gasteiger partial charge on any atom is 0.326 e. The lowest BCUT2D eigenvalue weighted by Crippen LogP contribution is -2.44. The van der Waals surface area contributed by atoms with Crippen LogP contribution < -0.4 is 0 Å². The number of carboxylic acid groups (broad SMARTS) is 1. The van der Waals surface area contributed by atoms with Gasteiger partial charge < -0.3 is 20.2 Å². The van der Waals surface area contributed by atoms with Gasteiger partial charge in [0.1, 0.15) is 11.8 Å². The average molecular weight is 265 g/mol. The molecule has 0 aromatic heterocycles. The zero-order valence-corrected chi connectivity index (χ0v) is 10.2. The molecular formula is C13H15NO5. The number of nitrogens with zero attached hydrogens (tertiary/aromatic N) is 1. The van der Waals surface area contributed by atoms with E-state index in [1.165, 1.54) is 17.0 Å². The molecule has 0 bridgehead atoms. The Morgan fingerprint density at radius 3 is 2.47 bits per heavy atom. The monoisotopic (exact) mass is 265 g/mol. The van der Waals surface area contributed by atoms with Gasteiger partial charge in [-0.3, -0.25) is 4.79 Å². The summed E-state index contributed by atoms with van der Waals surface area (Å²) in [6, 6.07) is 5.17. The summed E-state index contributed by atoms with van der Waals surface area (Å²) >= 11 is 0. The van der Waals surface area contributed by atoms with Crippen LogP contribution in [0.1, 0.15) is 12.0 Å². The van der Waals surface area contributed by atoms with E-state index >= 15 is 0 Å². The van der Waals surface area contributed by atoms with Crippen molar-refractivity contribution in [3.63, 3.8) is 0 Å². The summed E-state index contributed by atoms with van der Waals surface area (Å²) in [5.74, 6) is -1.35. The van der Waals surface area contributed by atoms with Gasteiger partial charge in [0.15, 0.2) is 0 Å². The van der Waals surface area contributed by atoms with Gasteiger partial charge in [-0.25, -0.2) is 4.79 Å². The van der Waals surface area contributed by atoms with Crippen LogP contribution in [0.15, 0.2) is 24.3 Å². The number of β-amino-alcohol motifs (C(OH)–C–C–N with tert-alkyl or cyclic N) is 1. The Balaban J connectivity index is 2.15. The normalized spacial score (nSPS) is 20.6. The summed E-state index contributed by atoms with van der Waals surface area (Å²) in [6.45, 7) is 0.0495. The van der Waals surface area contributed by atoms with E-state index in [-0.39, 0.29) is 31.0 Å². The number of likely N-dealkylation sites (tertiary alicyclic amines) is 1. The van der Waals surface area contributed by atoms with Crippen molar-refractivity contribution in [2.75, 3.05) is 6.54 Å². The molecule has 1 aromatic carbocycles. The molecule has 19 heavy (non-hydrogen) atoms. The van der Waals surface area contributed by atoms with Crippen LogP contribution in [0.3, 0.4) is 0 Å². The Bertz CT molecular complexity index is 484. The minimum absolute atomic E-state index is 0.0284. The van der Waals surface area contributed by atoms with Crippen molar-refractivity contribution in [1.82, 2.24) is 4.90 Å². The summed E-state index contributed by atoms with van der Waals surface area (Å²) < 4.78 is 0. The molecular weight excluding hydrogens is 250 g/mol. The maximum absolute atomic E-state index is 11.6. The zero-order valence-electron chi connectivity index (χ0n) is 10.2. The Labute approximate surface area is 109 Å². The van der Waals surface area contributed by atoms with Crippen LogP contribution in [0, 0.1) is 0 Å². The highest BCUT2D eigenvalue weighted by Crippen LogP contribution is 2.19. The van der Waals surface area contributed by atoms with Crippen molar-refractivity contribution >= 4 is 11.9 Å². The molecule has 2 unspecified atom stereocenters. The standard InChI is InChI=1S/C13H15NO5/c15-9-3-1-8(2-4-9)5-11(13(18)19)14-7-10(16)6-12(14)17/h1-4,10-11,15-16H,5-7H2,(H,18,19). The number of aliphatic carboxylic acids is 1.